The summed E-state index contributed by atoms with van der Waals surface area (Å²) >= 11 is 0. The van der Waals surface area contributed by atoms with Gasteiger partial charge in [0.1, 0.15) is 6.61 Å². The standard InChI is InChI=1S/C13H19N3O2/c17-6-7-18-12-9-14-8-11(15-12)16-5-1-2-13(10-16)3-4-13/h8-9,17H,1-7,10H2. The van der Waals surface area contributed by atoms with Crippen molar-refractivity contribution in [3.8, 4) is 5.88 Å². The minimum atomic E-state index is -0.00126. The third kappa shape index (κ3) is 2.41. The lowest BCUT2D eigenvalue weighted by Crippen LogP contribution is -2.37. The molecule has 1 saturated carbocycles. The molecule has 1 aliphatic heterocycles. The van der Waals surface area contributed by atoms with Crippen molar-refractivity contribution >= 4 is 5.82 Å². The number of piperidine rings is 1. The van der Waals surface area contributed by atoms with Gasteiger partial charge in [0.15, 0.2) is 5.82 Å². The molecule has 0 aromatic carbocycles. The highest BCUT2D eigenvalue weighted by atomic mass is 16.5. The van der Waals surface area contributed by atoms with Gasteiger partial charge in [0, 0.05) is 13.1 Å². The van der Waals surface area contributed by atoms with Crippen LogP contribution in [-0.2, 0) is 0 Å². The van der Waals surface area contributed by atoms with Crippen molar-refractivity contribution < 1.29 is 9.84 Å². The van der Waals surface area contributed by atoms with E-state index in [1.807, 2.05) is 0 Å². The Kier molecular flexibility index (Phi) is 3.07. The van der Waals surface area contributed by atoms with E-state index >= 15 is 0 Å². The minimum absolute atomic E-state index is 0.00126. The maximum Gasteiger partial charge on any atom is 0.234 e. The zero-order valence-corrected chi connectivity index (χ0v) is 10.5. The summed E-state index contributed by atoms with van der Waals surface area (Å²) < 4.78 is 5.30. The van der Waals surface area contributed by atoms with Crippen LogP contribution in [0.15, 0.2) is 12.4 Å². The predicted molar refractivity (Wildman–Crippen MR) is 67.7 cm³/mol. The highest BCUT2D eigenvalue weighted by Crippen LogP contribution is 2.52. The average molecular weight is 249 g/mol. The number of anilines is 1. The Balaban J connectivity index is 1.70. The lowest BCUT2D eigenvalue weighted by molar-refractivity contribution is 0.196. The molecule has 0 atom stereocenters. The van der Waals surface area contributed by atoms with Gasteiger partial charge in [-0.1, -0.05) is 0 Å². The Morgan fingerprint density at radius 2 is 2.22 bits per heavy atom. The fourth-order valence-electron chi connectivity index (χ4n) is 2.70. The SMILES string of the molecule is OCCOc1cncc(N2CCCC3(CC3)C2)n1. The third-order valence-electron chi connectivity index (χ3n) is 3.88. The van der Waals surface area contributed by atoms with E-state index in [4.69, 9.17) is 9.84 Å². The molecule has 0 unspecified atom stereocenters. The molecule has 18 heavy (non-hydrogen) atoms. The topological polar surface area (TPSA) is 58.5 Å². The fourth-order valence-corrected chi connectivity index (χ4v) is 2.70. The van der Waals surface area contributed by atoms with Crippen molar-refractivity contribution in [3.05, 3.63) is 12.4 Å². The highest BCUT2D eigenvalue weighted by molar-refractivity contribution is 5.39. The van der Waals surface area contributed by atoms with Crippen molar-refractivity contribution in [2.75, 3.05) is 31.2 Å². The van der Waals surface area contributed by atoms with Crippen LogP contribution in [0, 0.1) is 5.41 Å². The average Bonchev–Trinajstić information content (AvgIpc) is 3.16. The molecule has 5 heteroatoms. The van der Waals surface area contributed by atoms with Gasteiger partial charge in [0.05, 0.1) is 19.0 Å². The summed E-state index contributed by atoms with van der Waals surface area (Å²) in [7, 11) is 0. The molecule has 2 aliphatic rings. The molecule has 2 fully saturated rings. The molecule has 3 rings (SSSR count). The summed E-state index contributed by atoms with van der Waals surface area (Å²) in [4.78, 5) is 10.9. The van der Waals surface area contributed by atoms with Crippen molar-refractivity contribution in [1.82, 2.24) is 9.97 Å². The van der Waals surface area contributed by atoms with Crippen LogP contribution in [0.3, 0.4) is 0 Å². The van der Waals surface area contributed by atoms with E-state index < -0.39 is 0 Å². The number of hydrogen-bond acceptors (Lipinski definition) is 5. The Bertz CT molecular complexity index is 420. The van der Waals surface area contributed by atoms with Gasteiger partial charge < -0.3 is 14.7 Å². The summed E-state index contributed by atoms with van der Waals surface area (Å²) in [6, 6.07) is 0. The number of hydrogen-bond donors (Lipinski definition) is 1. The molecule has 5 nitrogen and oxygen atoms in total. The van der Waals surface area contributed by atoms with Gasteiger partial charge in [-0.3, -0.25) is 4.98 Å². The van der Waals surface area contributed by atoms with Gasteiger partial charge in [0.25, 0.3) is 0 Å². The van der Waals surface area contributed by atoms with E-state index in [-0.39, 0.29) is 13.2 Å². The molecule has 1 saturated heterocycles. The van der Waals surface area contributed by atoms with Crippen LogP contribution in [0.2, 0.25) is 0 Å². The van der Waals surface area contributed by atoms with Crippen LogP contribution < -0.4 is 9.64 Å². The van der Waals surface area contributed by atoms with E-state index in [1.54, 1.807) is 12.4 Å². The Morgan fingerprint density at radius 3 is 3.00 bits per heavy atom. The van der Waals surface area contributed by atoms with Gasteiger partial charge in [-0.05, 0) is 31.1 Å². The minimum Gasteiger partial charge on any atom is -0.474 e. The van der Waals surface area contributed by atoms with E-state index in [0.717, 1.165) is 18.9 Å². The van der Waals surface area contributed by atoms with Crippen LogP contribution in [-0.4, -0.2) is 41.4 Å². The second kappa shape index (κ2) is 4.72. The molecule has 1 N–H and O–H groups in total. The van der Waals surface area contributed by atoms with Crippen molar-refractivity contribution in [2.24, 2.45) is 5.41 Å². The first-order valence-corrected chi connectivity index (χ1v) is 6.62. The summed E-state index contributed by atoms with van der Waals surface area (Å²) in [5.74, 6) is 1.40. The Labute approximate surface area is 107 Å². The molecule has 0 bridgehead atoms. The lowest BCUT2D eigenvalue weighted by atomic mass is 9.95. The van der Waals surface area contributed by atoms with E-state index in [0.29, 0.717) is 11.3 Å². The largest absolute Gasteiger partial charge is 0.474 e. The fraction of sp³-hybridized carbons (Fsp3) is 0.692. The lowest BCUT2D eigenvalue weighted by Gasteiger charge is -2.33. The van der Waals surface area contributed by atoms with Gasteiger partial charge in [-0.25, -0.2) is 0 Å². The zero-order chi connectivity index (χ0) is 12.4. The molecule has 98 valence electrons. The maximum atomic E-state index is 8.74. The second-order valence-corrected chi connectivity index (χ2v) is 5.31. The van der Waals surface area contributed by atoms with Crippen LogP contribution in [0.25, 0.3) is 0 Å². The first-order valence-electron chi connectivity index (χ1n) is 6.62. The molecule has 2 heterocycles. The van der Waals surface area contributed by atoms with E-state index in [9.17, 15) is 0 Å². The number of nitrogens with zero attached hydrogens (tertiary/aromatic N) is 3. The molecule has 0 amide bonds. The monoisotopic (exact) mass is 249 g/mol. The van der Waals surface area contributed by atoms with Crippen LogP contribution in [0.5, 0.6) is 5.88 Å². The van der Waals surface area contributed by atoms with Gasteiger partial charge in [-0.2, -0.15) is 4.98 Å². The molecule has 0 radical (unpaired) electrons. The van der Waals surface area contributed by atoms with Crippen molar-refractivity contribution in [2.45, 2.75) is 25.7 Å². The highest BCUT2D eigenvalue weighted by Gasteiger charge is 2.45. The van der Waals surface area contributed by atoms with Crippen molar-refractivity contribution in [1.29, 1.82) is 0 Å². The number of aliphatic hydroxyl groups excluding tert-OH is 1. The van der Waals surface area contributed by atoms with Gasteiger partial charge in [-0.15, -0.1) is 0 Å². The van der Waals surface area contributed by atoms with Gasteiger partial charge in [0.2, 0.25) is 5.88 Å². The van der Waals surface area contributed by atoms with E-state index in [1.165, 1.54) is 25.7 Å². The van der Waals surface area contributed by atoms with Crippen LogP contribution >= 0.6 is 0 Å². The zero-order valence-electron chi connectivity index (χ0n) is 10.5. The molecular formula is C13H19N3O2. The molecule has 1 aliphatic carbocycles. The summed E-state index contributed by atoms with van der Waals surface area (Å²) in [6.45, 7) is 2.42. The molecule has 1 spiro atoms. The number of rotatable bonds is 4. The Hall–Kier alpha value is -1.36. The first-order chi connectivity index (χ1) is 8.81. The number of aromatic nitrogens is 2. The van der Waals surface area contributed by atoms with E-state index in [2.05, 4.69) is 14.9 Å². The smallest absolute Gasteiger partial charge is 0.234 e. The molecule has 1 aromatic heterocycles. The molecular weight excluding hydrogens is 230 g/mol. The van der Waals surface area contributed by atoms with Gasteiger partial charge >= 0.3 is 0 Å². The number of ether oxygens (including phenoxy) is 1. The summed E-state index contributed by atoms with van der Waals surface area (Å²) in [5, 5.41) is 8.74. The van der Waals surface area contributed by atoms with Crippen LogP contribution in [0.1, 0.15) is 25.7 Å². The third-order valence-corrected chi connectivity index (χ3v) is 3.88. The predicted octanol–water partition coefficient (Wildman–Crippen LogP) is 1.23. The summed E-state index contributed by atoms with van der Waals surface area (Å²) in [6.07, 6.45) is 8.71. The normalized spacial score (nSPS) is 21.1. The molecule has 1 aromatic rings. The first kappa shape index (κ1) is 11.7. The quantitative estimate of drug-likeness (QED) is 0.869. The number of aliphatic hydroxyl groups is 1. The van der Waals surface area contributed by atoms with Crippen molar-refractivity contribution in [3.63, 3.8) is 0 Å². The summed E-state index contributed by atoms with van der Waals surface area (Å²) in [5.41, 5.74) is 0.571. The van der Waals surface area contributed by atoms with Crippen LogP contribution in [0.4, 0.5) is 5.82 Å². The maximum absolute atomic E-state index is 8.74. The second-order valence-electron chi connectivity index (χ2n) is 5.31. The Morgan fingerprint density at radius 1 is 1.33 bits per heavy atom.